The van der Waals surface area contributed by atoms with E-state index in [0.29, 0.717) is 11.1 Å². The van der Waals surface area contributed by atoms with E-state index in [9.17, 15) is 33.3 Å². The van der Waals surface area contributed by atoms with Gasteiger partial charge in [0.25, 0.3) is 5.91 Å². The molecular formula is C29H27F3N4O7. The summed E-state index contributed by atoms with van der Waals surface area (Å²) in [7, 11) is 1.44. The Bertz CT molecular complexity index is 1660. The van der Waals surface area contributed by atoms with E-state index in [1.165, 1.54) is 13.3 Å². The first-order valence-corrected chi connectivity index (χ1v) is 13.4. The minimum absolute atomic E-state index is 0.0480. The van der Waals surface area contributed by atoms with Crippen LogP contribution in [0.5, 0.6) is 5.75 Å². The van der Waals surface area contributed by atoms with Gasteiger partial charge in [0.1, 0.15) is 35.8 Å². The highest BCUT2D eigenvalue weighted by molar-refractivity contribution is 6.09. The Kier molecular flexibility index (Phi) is 7.56. The largest absolute Gasteiger partial charge is 0.496 e. The summed E-state index contributed by atoms with van der Waals surface area (Å²) in [5, 5.41) is 44.9. The number of nitrogens with one attached hydrogen (secondary N) is 1. The number of fused-ring (bicyclic) bond motifs is 1. The number of hydrogen-bond acceptors (Lipinski definition) is 9. The number of hydrogen-bond donors (Lipinski definition) is 4. The fourth-order valence-corrected chi connectivity index (χ4v) is 5.83. The normalized spacial score (nSPS) is 27.1. The van der Waals surface area contributed by atoms with Crippen LogP contribution in [0.3, 0.4) is 0 Å². The number of aromatic nitrogens is 3. The summed E-state index contributed by atoms with van der Waals surface area (Å²) in [5.41, 5.74) is 0.0276. The molecule has 6 rings (SSSR count). The van der Waals surface area contributed by atoms with Crippen molar-refractivity contribution in [3.63, 3.8) is 0 Å². The van der Waals surface area contributed by atoms with Gasteiger partial charge < -0.3 is 34.8 Å². The van der Waals surface area contributed by atoms with Crippen molar-refractivity contribution in [3.05, 3.63) is 77.7 Å². The number of methoxy groups -OCH3 is 1. The molecule has 1 amide bonds. The van der Waals surface area contributed by atoms with E-state index in [4.69, 9.17) is 14.2 Å². The number of nitrogens with zero attached hydrogens (tertiary/aromatic N) is 3. The van der Waals surface area contributed by atoms with Crippen molar-refractivity contribution in [1.82, 2.24) is 20.3 Å². The number of rotatable bonds is 6. The van der Waals surface area contributed by atoms with E-state index in [0.717, 1.165) is 22.2 Å². The van der Waals surface area contributed by atoms with Crippen LogP contribution in [0.4, 0.5) is 13.2 Å². The maximum atomic E-state index is 13.9. The highest BCUT2D eigenvalue weighted by Gasteiger charge is 2.62. The summed E-state index contributed by atoms with van der Waals surface area (Å²) < 4.78 is 59.6. The van der Waals surface area contributed by atoms with Crippen LogP contribution in [0, 0.1) is 17.5 Å². The second-order valence-electron chi connectivity index (χ2n) is 10.4. The predicted molar refractivity (Wildman–Crippen MR) is 143 cm³/mol. The highest BCUT2D eigenvalue weighted by Crippen LogP contribution is 2.43. The molecule has 0 unspecified atom stereocenters. The van der Waals surface area contributed by atoms with Gasteiger partial charge in [0.2, 0.25) is 5.79 Å². The molecule has 14 heteroatoms. The number of halogens is 3. The van der Waals surface area contributed by atoms with E-state index in [1.807, 2.05) is 18.2 Å². The molecule has 2 aliphatic heterocycles. The number of carbonyl (C=O) groups excluding carboxylic acids is 1. The molecule has 3 heterocycles. The molecule has 2 aliphatic rings. The first-order chi connectivity index (χ1) is 20.7. The Labute approximate surface area is 242 Å². The Morgan fingerprint density at radius 3 is 2.63 bits per heavy atom. The Balaban J connectivity index is 1.34. The van der Waals surface area contributed by atoms with Crippen LogP contribution in [0.25, 0.3) is 22.0 Å². The van der Waals surface area contributed by atoms with Gasteiger partial charge in [-0.1, -0.05) is 35.5 Å². The molecule has 11 nitrogen and oxygen atoms in total. The van der Waals surface area contributed by atoms with Crippen LogP contribution in [0.15, 0.2) is 54.7 Å². The molecule has 3 aromatic carbocycles. The van der Waals surface area contributed by atoms with Gasteiger partial charge in [0, 0.05) is 5.56 Å². The summed E-state index contributed by atoms with van der Waals surface area (Å²) in [6.07, 6.45) is -3.15. The van der Waals surface area contributed by atoms with Crippen LogP contribution in [-0.2, 0) is 9.47 Å². The van der Waals surface area contributed by atoms with Crippen molar-refractivity contribution in [1.29, 1.82) is 0 Å². The fraction of sp³-hybridized carbons (Fsp3) is 0.345. The molecular weight excluding hydrogens is 573 g/mol. The monoisotopic (exact) mass is 600 g/mol. The van der Waals surface area contributed by atoms with Gasteiger partial charge in [-0.15, -0.1) is 5.10 Å². The first-order valence-electron chi connectivity index (χ1n) is 13.4. The Morgan fingerprint density at radius 1 is 1.16 bits per heavy atom. The van der Waals surface area contributed by atoms with Gasteiger partial charge in [-0.3, -0.25) is 4.79 Å². The van der Waals surface area contributed by atoms with Crippen LogP contribution < -0.4 is 10.1 Å². The summed E-state index contributed by atoms with van der Waals surface area (Å²) in [4.78, 5) is 13.7. The standard InChI is InChI=1S/C29H27F3N4O7/c1-41-20-7-6-14-4-2-3-5-16(14)23(20)28(40)33-22-8-9-42-29(22)27(39)25(26(38)21(13-37)43-29)36-12-19(34-35-36)15-10-17(30)24(32)18(31)11-15/h2-7,10-12,21-22,25-27,37-39H,8-9,13H2,1H3,(H,33,40)/t21-,22-,25+,26+,27-,29+/m1/s1. The minimum Gasteiger partial charge on any atom is -0.496 e. The van der Waals surface area contributed by atoms with Gasteiger partial charge in [-0.25, -0.2) is 17.9 Å². The highest BCUT2D eigenvalue weighted by atomic mass is 19.2. The fourth-order valence-electron chi connectivity index (χ4n) is 5.83. The third-order valence-corrected chi connectivity index (χ3v) is 7.94. The van der Waals surface area contributed by atoms with E-state index in [1.54, 1.807) is 18.2 Å². The molecule has 43 heavy (non-hydrogen) atoms. The number of aliphatic hydroxyl groups is 3. The summed E-state index contributed by atoms with van der Waals surface area (Å²) in [6.45, 7) is -0.643. The lowest BCUT2D eigenvalue weighted by Crippen LogP contribution is -2.69. The molecule has 2 saturated heterocycles. The lowest BCUT2D eigenvalue weighted by molar-refractivity contribution is -0.344. The topological polar surface area (TPSA) is 148 Å². The van der Waals surface area contributed by atoms with Gasteiger partial charge in [0.05, 0.1) is 38.1 Å². The smallest absolute Gasteiger partial charge is 0.256 e. The molecule has 4 aromatic rings. The summed E-state index contributed by atoms with van der Waals surface area (Å²) in [6, 6.07) is 9.86. The minimum atomic E-state index is -1.94. The van der Waals surface area contributed by atoms with Crippen LogP contribution in [-0.4, -0.2) is 86.7 Å². The van der Waals surface area contributed by atoms with E-state index in [-0.39, 0.29) is 29.8 Å². The van der Waals surface area contributed by atoms with Crippen molar-refractivity contribution in [2.45, 2.75) is 42.6 Å². The molecule has 226 valence electrons. The summed E-state index contributed by atoms with van der Waals surface area (Å²) in [5.74, 6) is -6.67. The molecule has 1 aromatic heterocycles. The molecule has 0 aliphatic carbocycles. The lowest BCUT2D eigenvalue weighted by Gasteiger charge is -2.49. The number of carbonyl (C=O) groups is 1. The average Bonchev–Trinajstić information content (AvgIpc) is 3.65. The zero-order valence-corrected chi connectivity index (χ0v) is 22.7. The van der Waals surface area contributed by atoms with Crippen LogP contribution >= 0.6 is 0 Å². The lowest BCUT2D eigenvalue weighted by atomic mass is 9.86. The summed E-state index contributed by atoms with van der Waals surface area (Å²) >= 11 is 0. The van der Waals surface area contributed by atoms with Crippen molar-refractivity contribution in [3.8, 4) is 17.0 Å². The van der Waals surface area contributed by atoms with Crippen LogP contribution in [0.2, 0.25) is 0 Å². The average molecular weight is 601 g/mol. The van der Waals surface area contributed by atoms with Gasteiger partial charge in [-0.05, 0) is 35.4 Å². The third kappa shape index (κ3) is 4.80. The zero-order valence-electron chi connectivity index (χ0n) is 22.7. The third-order valence-electron chi connectivity index (χ3n) is 7.94. The molecule has 4 N–H and O–H groups in total. The predicted octanol–water partition coefficient (Wildman–Crippen LogP) is 2.09. The maximum absolute atomic E-state index is 13.9. The number of benzene rings is 3. The molecule has 2 fully saturated rings. The SMILES string of the molecule is COc1ccc2ccccc2c1C(=O)N[C@@H]1CCO[C@]12O[C@H](CO)[C@H](O)[C@H](n1cc(-c3cc(F)c(F)c(F)c3)nn1)[C@H]2O. The Morgan fingerprint density at radius 2 is 1.91 bits per heavy atom. The Hall–Kier alpha value is -4.08. The second kappa shape index (κ2) is 11.2. The molecule has 0 saturated carbocycles. The number of aliphatic hydroxyl groups excluding tert-OH is 3. The van der Waals surface area contributed by atoms with Crippen molar-refractivity contribution in [2.75, 3.05) is 20.3 Å². The van der Waals surface area contributed by atoms with E-state index in [2.05, 4.69) is 15.6 Å². The van der Waals surface area contributed by atoms with Gasteiger partial charge in [-0.2, -0.15) is 0 Å². The van der Waals surface area contributed by atoms with Crippen molar-refractivity contribution in [2.24, 2.45) is 0 Å². The maximum Gasteiger partial charge on any atom is 0.256 e. The molecule has 0 radical (unpaired) electrons. The first kappa shape index (κ1) is 29.0. The zero-order chi connectivity index (χ0) is 30.5. The van der Waals surface area contributed by atoms with Crippen molar-refractivity contribution < 1.29 is 47.5 Å². The number of amides is 1. The van der Waals surface area contributed by atoms with E-state index >= 15 is 0 Å². The van der Waals surface area contributed by atoms with E-state index < -0.39 is 66.1 Å². The molecule has 0 bridgehead atoms. The second-order valence-corrected chi connectivity index (χ2v) is 10.4. The van der Waals surface area contributed by atoms with Gasteiger partial charge in [0.15, 0.2) is 17.5 Å². The number of ether oxygens (including phenoxy) is 3. The quantitative estimate of drug-likeness (QED) is 0.244. The van der Waals surface area contributed by atoms with Gasteiger partial charge >= 0.3 is 0 Å². The molecule has 6 atom stereocenters. The van der Waals surface area contributed by atoms with Crippen molar-refractivity contribution >= 4 is 16.7 Å². The van der Waals surface area contributed by atoms with Crippen LogP contribution in [0.1, 0.15) is 22.8 Å². The molecule has 1 spiro atoms.